The Morgan fingerprint density at radius 2 is 2.14 bits per heavy atom. The van der Waals surface area contributed by atoms with Gasteiger partial charge in [-0.2, -0.15) is 4.98 Å². The molecule has 72 valence electrons. The van der Waals surface area contributed by atoms with Crippen LogP contribution >= 0.6 is 0 Å². The van der Waals surface area contributed by atoms with E-state index >= 15 is 0 Å². The molecule has 2 N–H and O–H groups in total. The Bertz CT molecular complexity index is 436. The Kier molecular flexibility index (Phi) is 2.18. The van der Waals surface area contributed by atoms with Crippen LogP contribution in [0.4, 0.5) is 6.01 Å². The molecule has 0 saturated carbocycles. The van der Waals surface area contributed by atoms with E-state index in [1.165, 1.54) is 11.1 Å². The lowest BCUT2D eigenvalue weighted by molar-refractivity contribution is 0.428. The lowest BCUT2D eigenvalue weighted by Gasteiger charge is -2.00. The fourth-order valence-corrected chi connectivity index (χ4v) is 1.32. The molecule has 1 aromatic heterocycles. The van der Waals surface area contributed by atoms with E-state index in [1.54, 1.807) is 0 Å². The van der Waals surface area contributed by atoms with Gasteiger partial charge in [0.2, 0.25) is 0 Å². The molecular weight excluding hydrogens is 178 g/mol. The van der Waals surface area contributed by atoms with Crippen LogP contribution in [0, 0.1) is 6.92 Å². The number of anilines is 1. The van der Waals surface area contributed by atoms with Crippen LogP contribution in [-0.4, -0.2) is 10.1 Å². The number of aryl methyl sites for hydroxylation is 1. The molecule has 0 saturated heterocycles. The second-order valence-corrected chi connectivity index (χ2v) is 3.15. The van der Waals surface area contributed by atoms with E-state index in [2.05, 4.69) is 23.1 Å². The van der Waals surface area contributed by atoms with E-state index in [0.717, 1.165) is 0 Å². The highest BCUT2D eigenvalue weighted by atomic mass is 16.5. The summed E-state index contributed by atoms with van der Waals surface area (Å²) in [5, 5.41) is 3.74. The van der Waals surface area contributed by atoms with Gasteiger partial charge in [0.25, 0.3) is 0 Å². The lowest BCUT2D eigenvalue weighted by Crippen LogP contribution is -1.93. The molecular formula is C10H11N3O. The van der Waals surface area contributed by atoms with Crippen LogP contribution in [0.1, 0.15) is 17.0 Å². The predicted molar refractivity (Wildman–Crippen MR) is 52.7 cm³/mol. The van der Waals surface area contributed by atoms with Gasteiger partial charge in [0.1, 0.15) is 0 Å². The van der Waals surface area contributed by atoms with Crippen molar-refractivity contribution < 1.29 is 4.52 Å². The summed E-state index contributed by atoms with van der Waals surface area (Å²) in [6, 6.07) is 8.21. The van der Waals surface area contributed by atoms with Gasteiger partial charge in [-0.25, -0.2) is 0 Å². The van der Waals surface area contributed by atoms with Crippen molar-refractivity contribution in [2.45, 2.75) is 13.3 Å². The SMILES string of the molecule is Cc1ccccc1Cc1noc(N)n1. The highest BCUT2D eigenvalue weighted by Crippen LogP contribution is 2.11. The van der Waals surface area contributed by atoms with E-state index in [1.807, 2.05) is 18.2 Å². The van der Waals surface area contributed by atoms with Gasteiger partial charge < -0.3 is 10.3 Å². The number of nitrogens with zero attached hydrogens (tertiary/aromatic N) is 2. The summed E-state index contributed by atoms with van der Waals surface area (Å²) in [7, 11) is 0. The van der Waals surface area contributed by atoms with Crippen LogP contribution in [-0.2, 0) is 6.42 Å². The molecule has 2 rings (SSSR count). The number of hydrogen-bond acceptors (Lipinski definition) is 4. The molecule has 0 aliphatic rings. The lowest BCUT2D eigenvalue weighted by atomic mass is 10.1. The standard InChI is InChI=1S/C10H11N3O/c1-7-4-2-3-5-8(7)6-9-12-10(11)14-13-9/h2-5H,6H2,1H3,(H2,11,12,13). The Balaban J connectivity index is 2.23. The molecule has 0 spiro atoms. The van der Waals surface area contributed by atoms with Crippen molar-refractivity contribution in [1.29, 1.82) is 0 Å². The summed E-state index contributed by atoms with van der Waals surface area (Å²) in [4.78, 5) is 3.95. The summed E-state index contributed by atoms with van der Waals surface area (Å²) in [6.45, 7) is 2.05. The van der Waals surface area contributed by atoms with Crippen molar-refractivity contribution in [3.63, 3.8) is 0 Å². The molecule has 0 aliphatic heterocycles. The van der Waals surface area contributed by atoms with Gasteiger partial charge in [0.05, 0.1) is 0 Å². The van der Waals surface area contributed by atoms with Gasteiger partial charge in [0.15, 0.2) is 5.82 Å². The third kappa shape index (κ3) is 1.74. The molecule has 0 aliphatic carbocycles. The topological polar surface area (TPSA) is 64.9 Å². The predicted octanol–water partition coefficient (Wildman–Crippen LogP) is 1.55. The average Bonchev–Trinajstić information content (AvgIpc) is 2.56. The number of nitrogen functional groups attached to an aromatic ring is 1. The highest BCUT2D eigenvalue weighted by Gasteiger charge is 2.05. The summed E-state index contributed by atoms with van der Waals surface area (Å²) in [6.07, 6.45) is 0.660. The summed E-state index contributed by atoms with van der Waals surface area (Å²) in [5.41, 5.74) is 7.74. The van der Waals surface area contributed by atoms with Crippen molar-refractivity contribution in [3.8, 4) is 0 Å². The van der Waals surface area contributed by atoms with Crippen LogP contribution < -0.4 is 5.73 Å². The first-order chi connectivity index (χ1) is 6.75. The summed E-state index contributed by atoms with van der Waals surface area (Å²) >= 11 is 0. The molecule has 1 aromatic carbocycles. The second kappa shape index (κ2) is 3.49. The first-order valence-electron chi connectivity index (χ1n) is 4.38. The van der Waals surface area contributed by atoms with E-state index in [9.17, 15) is 0 Å². The van der Waals surface area contributed by atoms with E-state index in [-0.39, 0.29) is 6.01 Å². The van der Waals surface area contributed by atoms with Crippen molar-refractivity contribution in [2.24, 2.45) is 0 Å². The minimum atomic E-state index is 0.119. The van der Waals surface area contributed by atoms with Crippen molar-refractivity contribution in [2.75, 3.05) is 5.73 Å². The number of hydrogen-bond donors (Lipinski definition) is 1. The average molecular weight is 189 g/mol. The molecule has 0 atom stereocenters. The normalized spacial score (nSPS) is 10.4. The maximum atomic E-state index is 5.33. The number of nitrogens with two attached hydrogens (primary N) is 1. The Morgan fingerprint density at radius 3 is 2.79 bits per heavy atom. The Labute approximate surface area is 81.7 Å². The van der Waals surface area contributed by atoms with E-state index < -0.39 is 0 Å². The zero-order valence-corrected chi connectivity index (χ0v) is 7.90. The van der Waals surface area contributed by atoms with Crippen molar-refractivity contribution in [3.05, 3.63) is 41.2 Å². The third-order valence-corrected chi connectivity index (χ3v) is 2.09. The van der Waals surface area contributed by atoms with Gasteiger partial charge in [0, 0.05) is 6.42 Å². The molecule has 0 fully saturated rings. The minimum absolute atomic E-state index is 0.119. The third-order valence-electron chi connectivity index (χ3n) is 2.09. The van der Waals surface area contributed by atoms with Gasteiger partial charge in [-0.3, -0.25) is 0 Å². The quantitative estimate of drug-likeness (QED) is 0.778. The zero-order chi connectivity index (χ0) is 9.97. The maximum Gasteiger partial charge on any atom is 0.318 e. The largest absolute Gasteiger partial charge is 0.351 e. The number of rotatable bonds is 2. The van der Waals surface area contributed by atoms with E-state index in [4.69, 9.17) is 10.3 Å². The fourth-order valence-electron chi connectivity index (χ4n) is 1.32. The molecule has 4 nitrogen and oxygen atoms in total. The fraction of sp³-hybridized carbons (Fsp3) is 0.200. The molecule has 0 bridgehead atoms. The molecule has 4 heteroatoms. The Morgan fingerprint density at radius 1 is 1.36 bits per heavy atom. The van der Waals surface area contributed by atoms with Crippen LogP contribution in [0.15, 0.2) is 28.8 Å². The molecule has 1 heterocycles. The molecule has 14 heavy (non-hydrogen) atoms. The molecule has 0 radical (unpaired) electrons. The second-order valence-electron chi connectivity index (χ2n) is 3.15. The number of benzene rings is 1. The first-order valence-corrected chi connectivity index (χ1v) is 4.38. The van der Waals surface area contributed by atoms with Gasteiger partial charge in [-0.1, -0.05) is 29.4 Å². The van der Waals surface area contributed by atoms with Crippen LogP contribution in [0.5, 0.6) is 0 Å². The zero-order valence-electron chi connectivity index (χ0n) is 7.90. The maximum absolute atomic E-state index is 5.33. The Hall–Kier alpha value is -1.84. The smallest absolute Gasteiger partial charge is 0.318 e. The highest BCUT2D eigenvalue weighted by molar-refractivity contribution is 5.28. The summed E-state index contributed by atoms with van der Waals surface area (Å²) < 4.78 is 4.69. The molecule has 2 aromatic rings. The molecule has 0 amide bonds. The first kappa shape index (κ1) is 8.74. The van der Waals surface area contributed by atoms with Gasteiger partial charge in [-0.05, 0) is 18.1 Å². The van der Waals surface area contributed by atoms with Crippen LogP contribution in [0.3, 0.4) is 0 Å². The number of aromatic nitrogens is 2. The van der Waals surface area contributed by atoms with Gasteiger partial charge in [-0.15, -0.1) is 0 Å². The van der Waals surface area contributed by atoms with Crippen molar-refractivity contribution >= 4 is 6.01 Å². The monoisotopic (exact) mass is 189 g/mol. The van der Waals surface area contributed by atoms with Crippen LogP contribution in [0.25, 0.3) is 0 Å². The molecule has 0 unspecified atom stereocenters. The summed E-state index contributed by atoms with van der Waals surface area (Å²) in [5.74, 6) is 0.622. The van der Waals surface area contributed by atoms with Gasteiger partial charge >= 0.3 is 6.01 Å². The van der Waals surface area contributed by atoms with Crippen molar-refractivity contribution in [1.82, 2.24) is 10.1 Å². The van der Waals surface area contributed by atoms with E-state index in [0.29, 0.717) is 12.2 Å². The minimum Gasteiger partial charge on any atom is -0.351 e. The van der Waals surface area contributed by atoms with Crippen LogP contribution in [0.2, 0.25) is 0 Å².